The van der Waals surface area contributed by atoms with E-state index in [1.54, 1.807) is 12.1 Å². The van der Waals surface area contributed by atoms with Gasteiger partial charge in [0.2, 0.25) is 15.9 Å². The fraction of sp³-hybridized carbons (Fsp3) is 0.381. The van der Waals surface area contributed by atoms with Gasteiger partial charge in [0.25, 0.3) is 0 Å². The second-order valence-electron chi connectivity index (χ2n) is 6.90. The Labute approximate surface area is 162 Å². The van der Waals surface area contributed by atoms with E-state index >= 15 is 0 Å². The van der Waals surface area contributed by atoms with Crippen LogP contribution in [0.4, 0.5) is 5.69 Å². The highest BCUT2D eigenvalue weighted by Gasteiger charge is 2.23. The first-order valence-corrected chi connectivity index (χ1v) is 10.9. The lowest BCUT2D eigenvalue weighted by Crippen LogP contribution is -2.41. The number of amides is 1. The molecule has 1 atom stereocenters. The number of anilines is 1. The summed E-state index contributed by atoms with van der Waals surface area (Å²) in [5, 5.41) is 2.92. The largest absolute Gasteiger partial charge is 0.348 e. The summed E-state index contributed by atoms with van der Waals surface area (Å²) in [6.45, 7) is 7.65. The molecule has 0 aliphatic rings. The van der Waals surface area contributed by atoms with Gasteiger partial charge in [-0.15, -0.1) is 0 Å². The molecule has 0 unspecified atom stereocenters. The number of carbonyl (C=O) groups is 1. The van der Waals surface area contributed by atoms with Crippen molar-refractivity contribution in [3.63, 3.8) is 0 Å². The van der Waals surface area contributed by atoms with Gasteiger partial charge in [0.1, 0.15) is 6.54 Å². The maximum Gasteiger partial charge on any atom is 0.241 e. The molecule has 0 radical (unpaired) electrons. The van der Waals surface area contributed by atoms with Crippen LogP contribution >= 0.6 is 0 Å². The minimum absolute atomic E-state index is 0.207. The molecule has 1 N–H and O–H groups in total. The van der Waals surface area contributed by atoms with Gasteiger partial charge in [-0.2, -0.15) is 0 Å². The van der Waals surface area contributed by atoms with Crippen LogP contribution in [0.1, 0.15) is 42.1 Å². The highest BCUT2D eigenvalue weighted by atomic mass is 32.2. The summed E-state index contributed by atoms with van der Waals surface area (Å²) in [6, 6.07) is 13.1. The molecule has 27 heavy (non-hydrogen) atoms. The normalized spacial score (nSPS) is 12.5. The zero-order chi connectivity index (χ0) is 20.2. The first-order valence-electron chi connectivity index (χ1n) is 9.05. The molecule has 2 rings (SSSR count). The average molecular weight is 389 g/mol. The van der Waals surface area contributed by atoms with Crippen LogP contribution in [0.5, 0.6) is 0 Å². The molecule has 6 heteroatoms. The van der Waals surface area contributed by atoms with Crippen molar-refractivity contribution in [1.29, 1.82) is 0 Å². The van der Waals surface area contributed by atoms with Gasteiger partial charge < -0.3 is 5.32 Å². The molecule has 146 valence electrons. The fourth-order valence-corrected chi connectivity index (χ4v) is 4.13. The van der Waals surface area contributed by atoms with Gasteiger partial charge in [0, 0.05) is 0 Å². The molecule has 0 saturated heterocycles. The summed E-state index contributed by atoms with van der Waals surface area (Å²) in [4.78, 5) is 12.6. The predicted molar refractivity (Wildman–Crippen MR) is 110 cm³/mol. The SMILES string of the molecule is CCc1ccccc1N(CC(=O)N[C@H](C)c1ccc(C)cc1C)S(C)(=O)=O. The van der Waals surface area contributed by atoms with E-state index in [2.05, 4.69) is 11.4 Å². The third-order valence-electron chi connectivity index (χ3n) is 4.60. The number of hydrogen-bond acceptors (Lipinski definition) is 3. The van der Waals surface area contributed by atoms with Gasteiger partial charge in [0.15, 0.2) is 0 Å². The molecule has 2 aromatic rings. The summed E-state index contributed by atoms with van der Waals surface area (Å²) >= 11 is 0. The van der Waals surface area contributed by atoms with Crippen LogP contribution in [0.2, 0.25) is 0 Å². The summed E-state index contributed by atoms with van der Waals surface area (Å²) in [5.41, 5.74) is 4.72. The second kappa shape index (κ2) is 8.57. The molecule has 0 bridgehead atoms. The molecule has 1 amide bonds. The van der Waals surface area contributed by atoms with Crippen molar-refractivity contribution < 1.29 is 13.2 Å². The first-order chi connectivity index (χ1) is 12.6. The van der Waals surface area contributed by atoms with Crippen LogP contribution < -0.4 is 9.62 Å². The maximum absolute atomic E-state index is 12.6. The third kappa shape index (κ3) is 5.32. The molecule has 0 heterocycles. The Bertz CT molecular complexity index is 923. The van der Waals surface area contributed by atoms with Gasteiger partial charge in [-0.3, -0.25) is 9.10 Å². The number of sulfonamides is 1. The Balaban J connectivity index is 2.22. The summed E-state index contributed by atoms with van der Waals surface area (Å²) in [7, 11) is -3.59. The number of benzene rings is 2. The van der Waals surface area contributed by atoms with Crippen molar-refractivity contribution in [2.75, 3.05) is 17.1 Å². The van der Waals surface area contributed by atoms with E-state index in [4.69, 9.17) is 0 Å². The summed E-state index contributed by atoms with van der Waals surface area (Å²) in [5.74, 6) is -0.334. The van der Waals surface area contributed by atoms with Crippen LogP contribution in [0.15, 0.2) is 42.5 Å². The van der Waals surface area contributed by atoms with Crippen LogP contribution in [-0.4, -0.2) is 27.1 Å². The van der Waals surface area contributed by atoms with Crippen LogP contribution in [0.3, 0.4) is 0 Å². The lowest BCUT2D eigenvalue weighted by atomic mass is 10.0. The van der Waals surface area contributed by atoms with E-state index in [9.17, 15) is 13.2 Å². The number of carbonyl (C=O) groups excluding carboxylic acids is 1. The minimum atomic E-state index is -3.59. The number of nitrogens with zero attached hydrogens (tertiary/aromatic N) is 1. The lowest BCUT2D eigenvalue weighted by Gasteiger charge is -2.25. The van der Waals surface area contributed by atoms with E-state index < -0.39 is 10.0 Å². The van der Waals surface area contributed by atoms with Crippen molar-refractivity contribution in [2.24, 2.45) is 0 Å². The molecular weight excluding hydrogens is 360 g/mol. The van der Waals surface area contributed by atoms with Gasteiger partial charge in [-0.05, 0) is 49.9 Å². The first kappa shape index (κ1) is 21.0. The lowest BCUT2D eigenvalue weighted by molar-refractivity contribution is -0.120. The number of para-hydroxylation sites is 1. The second-order valence-corrected chi connectivity index (χ2v) is 8.81. The van der Waals surface area contributed by atoms with Crippen LogP contribution in [-0.2, 0) is 21.2 Å². The molecule has 0 fully saturated rings. The van der Waals surface area contributed by atoms with E-state index in [1.165, 1.54) is 4.31 Å². The molecule has 0 aromatic heterocycles. The minimum Gasteiger partial charge on any atom is -0.348 e. The van der Waals surface area contributed by atoms with Crippen molar-refractivity contribution >= 4 is 21.6 Å². The van der Waals surface area contributed by atoms with E-state index in [-0.39, 0.29) is 18.5 Å². The van der Waals surface area contributed by atoms with Gasteiger partial charge in [0.05, 0.1) is 18.0 Å². The smallest absolute Gasteiger partial charge is 0.241 e. The van der Waals surface area contributed by atoms with Crippen molar-refractivity contribution in [3.8, 4) is 0 Å². The van der Waals surface area contributed by atoms with Crippen LogP contribution in [0.25, 0.3) is 0 Å². The van der Waals surface area contributed by atoms with Gasteiger partial charge in [-0.25, -0.2) is 8.42 Å². The van der Waals surface area contributed by atoms with Crippen molar-refractivity contribution in [2.45, 2.75) is 40.2 Å². The maximum atomic E-state index is 12.6. The Morgan fingerprint density at radius 2 is 1.81 bits per heavy atom. The molecule has 0 saturated carbocycles. The quantitative estimate of drug-likeness (QED) is 0.789. The number of rotatable bonds is 7. The monoisotopic (exact) mass is 388 g/mol. The van der Waals surface area contributed by atoms with Crippen molar-refractivity contribution in [3.05, 3.63) is 64.7 Å². The zero-order valence-electron chi connectivity index (χ0n) is 16.6. The van der Waals surface area contributed by atoms with Crippen LogP contribution in [0, 0.1) is 13.8 Å². The molecule has 0 aliphatic heterocycles. The molecule has 2 aromatic carbocycles. The number of aryl methyl sites for hydroxylation is 3. The molecule has 0 aliphatic carbocycles. The molecular formula is C21H28N2O3S. The third-order valence-corrected chi connectivity index (χ3v) is 5.72. The summed E-state index contributed by atoms with van der Waals surface area (Å²) < 4.78 is 25.8. The van der Waals surface area contributed by atoms with Gasteiger partial charge >= 0.3 is 0 Å². The number of nitrogens with one attached hydrogen (secondary N) is 1. The van der Waals surface area contributed by atoms with E-state index in [1.807, 2.05) is 52.0 Å². The fourth-order valence-electron chi connectivity index (χ4n) is 3.24. The van der Waals surface area contributed by atoms with Gasteiger partial charge in [-0.1, -0.05) is 48.9 Å². The topological polar surface area (TPSA) is 66.5 Å². The Morgan fingerprint density at radius 1 is 1.15 bits per heavy atom. The zero-order valence-corrected chi connectivity index (χ0v) is 17.4. The Hall–Kier alpha value is -2.34. The predicted octanol–water partition coefficient (Wildman–Crippen LogP) is 3.51. The number of hydrogen-bond donors (Lipinski definition) is 1. The molecule has 0 spiro atoms. The molecule has 5 nitrogen and oxygen atoms in total. The standard InChI is InChI=1S/C21H28N2O3S/c1-6-18-9-7-8-10-20(18)23(27(5,25)26)14-21(24)22-17(4)19-12-11-15(2)13-16(19)3/h7-13,17H,6,14H2,1-5H3,(H,22,24)/t17-/m1/s1. The van der Waals surface area contributed by atoms with Crippen molar-refractivity contribution in [1.82, 2.24) is 5.32 Å². The van der Waals surface area contributed by atoms with E-state index in [0.29, 0.717) is 12.1 Å². The highest BCUT2D eigenvalue weighted by molar-refractivity contribution is 7.92. The highest BCUT2D eigenvalue weighted by Crippen LogP contribution is 2.24. The van der Waals surface area contributed by atoms with E-state index in [0.717, 1.165) is 28.5 Å². The average Bonchev–Trinajstić information content (AvgIpc) is 2.58. The Kier molecular flexibility index (Phi) is 6.65. The summed E-state index contributed by atoms with van der Waals surface area (Å²) in [6.07, 6.45) is 1.81. The Morgan fingerprint density at radius 3 is 2.41 bits per heavy atom.